The summed E-state index contributed by atoms with van der Waals surface area (Å²) in [5.41, 5.74) is 2.16. The fraction of sp³-hybridized carbons (Fsp3) is 0.333. The Kier molecular flexibility index (Phi) is 6.72. The fourth-order valence-electron chi connectivity index (χ4n) is 4.14. The maximum atomic E-state index is 12.9. The molecule has 2 heterocycles. The maximum Gasteiger partial charge on any atom is 0.236 e. The van der Waals surface area contributed by atoms with Crippen LogP contribution in [0.3, 0.4) is 0 Å². The highest BCUT2D eigenvalue weighted by Gasteiger charge is 2.31. The molecule has 0 aliphatic carbocycles. The fourth-order valence-corrected chi connectivity index (χ4v) is 5.36. The lowest BCUT2D eigenvalue weighted by molar-refractivity contribution is -0.121. The number of nitrogens with zero attached hydrogens (tertiary/aromatic N) is 2. The Morgan fingerprint density at radius 1 is 0.969 bits per heavy atom. The number of carbonyl (C=O) groups is 2. The second-order valence-electron chi connectivity index (χ2n) is 8.09. The van der Waals surface area contributed by atoms with Crippen molar-refractivity contribution in [2.75, 3.05) is 29.9 Å². The molecule has 1 N–H and O–H groups in total. The highest BCUT2D eigenvalue weighted by molar-refractivity contribution is 7.92. The van der Waals surface area contributed by atoms with Gasteiger partial charge in [-0.05, 0) is 43.0 Å². The molecule has 0 unspecified atom stereocenters. The average Bonchev–Trinajstić information content (AvgIpc) is 3.24. The average molecular weight is 454 g/mol. The number of hydrogen-bond donors (Lipinski definition) is 1. The van der Waals surface area contributed by atoms with E-state index in [-0.39, 0.29) is 17.7 Å². The van der Waals surface area contributed by atoms with Crippen molar-refractivity contribution < 1.29 is 18.0 Å². The van der Waals surface area contributed by atoms with Crippen molar-refractivity contribution in [1.29, 1.82) is 0 Å². The predicted molar refractivity (Wildman–Crippen MR) is 125 cm³/mol. The first-order valence-electron chi connectivity index (χ1n) is 10.9. The minimum Gasteiger partial charge on any atom is -0.324 e. The van der Waals surface area contributed by atoms with Gasteiger partial charge in [-0.3, -0.25) is 9.59 Å². The summed E-state index contributed by atoms with van der Waals surface area (Å²) in [5.74, 6) is -0.350. The van der Waals surface area contributed by atoms with Gasteiger partial charge in [0.15, 0.2) is 0 Å². The number of rotatable bonds is 6. The van der Waals surface area contributed by atoms with Crippen LogP contribution in [0.4, 0.5) is 11.4 Å². The molecule has 2 aliphatic rings. The third-order valence-electron chi connectivity index (χ3n) is 5.94. The first-order valence-corrected chi connectivity index (χ1v) is 12.4. The first kappa shape index (κ1) is 22.2. The van der Waals surface area contributed by atoms with Crippen LogP contribution in [0.5, 0.6) is 0 Å². The van der Waals surface area contributed by atoms with Crippen molar-refractivity contribution in [1.82, 2.24) is 4.31 Å². The van der Waals surface area contributed by atoms with E-state index in [2.05, 4.69) is 5.32 Å². The van der Waals surface area contributed by atoms with Crippen LogP contribution >= 0.6 is 0 Å². The van der Waals surface area contributed by atoms with Crippen molar-refractivity contribution in [3.63, 3.8) is 0 Å². The summed E-state index contributed by atoms with van der Waals surface area (Å²) < 4.78 is 26.7. The van der Waals surface area contributed by atoms with Crippen molar-refractivity contribution in [2.24, 2.45) is 5.92 Å². The molecule has 2 fully saturated rings. The summed E-state index contributed by atoms with van der Waals surface area (Å²) in [6.45, 7) is 1.25. The van der Waals surface area contributed by atoms with E-state index in [4.69, 9.17) is 0 Å². The van der Waals surface area contributed by atoms with E-state index < -0.39 is 10.0 Å². The molecular weight excluding hydrogens is 426 g/mol. The van der Waals surface area contributed by atoms with Gasteiger partial charge in [0, 0.05) is 37.4 Å². The Hall–Kier alpha value is -2.97. The second kappa shape index (κ2) is 9.67. The lowest BCUT2D eigenvalue weighted by atomic mass is 9.97. The van der Waals surface area contributed by atoms with Crippen LogP contribution in [0.1, 0.15) is 31.2 Å². The quantitative estimate of drug-likeness (QED) is 0.726. The molecule has 8 heteroatoms. The van der Waals surface area contributed by atoms with Crippen LogP contribution in [0.15, 0.2) is 60.0 Å². The molecule has 2 saturated heterocycles. The summed E-state index contributed by atoms with van der Waals surface area (Å²) >= 11 is 0. The SMILES string of the molecule is O=C(Nc1ccccc1N1CCCC1=O)C1CCN(S(=O)(=O)/C=C/c2ccccc2)CC1. The second-order valence-corrected chi connectivity index (χ2v) is 9.91. The van der Waals surface area contributed by atoms with E-state index >= 15 is 0 Å². The molecule has 0 radical (unpaired) electrons. The van der Waals surface area contributed by atoms with E-state index in [9.17, 15) is 18.0 Å². The van der Waals surface area contributed by atoms with E-state index in [0.29, 0.717) is 44.6 Å². The highest BCUT2D eigenvalue weighted by atomic mass is 32.2. The zero-order chi connectivity index (χ0) is 22.6. The normalized spacial score (nSPS) is 18.4. The Morgan fingerprint density at radius 3 is 2.34 bits per heavy atom. The summed E-state index contributed by atoms with van der Waals surface area (Å²) in [4.78, 5) is 26.7. The lowest BCUT2D eigenvalue weighted by Crippen LogP contribution is -2.40. The van der Waals surface area contributed by atoms with Gasteiger partial charge in [-0.1, -0.05) is 42.5 Å². The smallest absolute Gasteiger partial charge is 0.236 e. The zero-order valence-electron chi connectivity index (χ0n) is 17.8. The Bertz CT molecular complexity index is 1110. The number of piperidine rings is 1. The molecule has 2 amide bonds. The molecule has 2 aromatic rings. The van der Waals surface area contributed by atoms with Gasteiger partial charge in [0.25, 0.3) is 0 Å². The monoisotopic (exact) mass is 453 g/mol. The molecule has 2 aliphatic heterocycles. The predicted octanol–water partition coefficient (Wildman–Crippen LogP) is 3.46. The number of sulfonamides is 1. The molecule has 7 nitrogen and oxygen atoms in total. The van der Waals surface area contributed by atoms with Gasteiger partial charge in [0.2, 0.25) is 21.8 Å². The van der Waals surface area contributed by atoms with Crippen LogP contribution in [0.2, 0.25) is 0 Å². The van der Waals surface area contributed by atoms with Crippen molar-refractivity contribution in [2.45, 2.75) is 25.7 Å². The minimum atomic E-state index is -3.54. The van der Waals surface area contributed by atoms with Crippen molar-refractivity contribution >= 4 is 39.3 Å². The maximum absolute atomic E-state index is 12.9. The highest BCUT2D eigenvalue weighted by Crippen LogP contribution is 2.30. The molecular formula is C24H27N3O4S. The number of para-hydroxylation sites is 2. The van der Waals surface area contributed by atoms with E-state index in [1.807, 2.05) is 48.5 Å². The molecule has 0 aromatic heterocycles. The van der Waals surface area contributed by atoms with Crippen molar-refractivity contribution in [3.8, 4) is 0 Å². The van der Waals surface area contributed by atoms with Gasteiger partial charge in [-0.15, -0.1) is 0 Å². The van der Waals surface area contributed by atoms with E-state index in [1.54, 1.807) is 17.0 Å². The van der Waals surface area contributed by atoms with Gasteiger partial charge < -0.3 is 10.2 Å². The van der Waals surface area contributed by atoms with Gasteiger partial charge in [0.05, 0.1) is 11.4 Å². The molecule has 168 valence electrons. The number of hydrogen-bond acceptors (Lipinski definition) is 4. The third-order valence-corrected chi connectivity index (χ3v) is 7.51. The minimum absolute atomic E-state index is 0.0637. The van der Waals surface area contributed by atoms with E-state index in [1.165, 1.54) is 9.71 Å². The molecule has 32 heavy (non-hydrogen) atoms. The molecule has 2 aromatic carbocycles. The molecule has 0 bridgehead atoms. The summed E-state index contributed by atoms with van der Waals surface area (Å²) in [6, 6.07) is 16.6. The topological polar surface area (TPSA) is 86.8 Å². The Morgan fingerprint density at radius 2 is 1.66 bits per heavy atom. The van der Waals surface area contributed by atoms with Gasteiger partial charge in [0.1, 0.15) is 0 Å². The van der Waals surface area contributed by atoms with Crippen molar-refractivity contribution in [3.05, 3.63) is 65.6 Å². The molecule has 4 rings (SSSR count). The largest absolute Gasteiger partial charge is 0.324 e. The van der Waals surface area contributed by atoms with Crippen LogP contribution < -0.4 is 10.2 Å². The first-order chi connectivity index (χ1) is 15.4. The molecule has 0 atom stereocenters. The molecule has 0 spiro atoms. The summed E-state index contributed by atoms with van der Waals surface area (Å²) in [6.07, 6.45) is 3.83. The zero-order valence-corrected chi connectivity index (χ0v) is 18.6. The number of anilines is 2. The number of amides is 2. The lowest BCUT2D eigenvalue weighted by Gasteiger charge is -2.30. The van der Waals surface area contributed by atoms with Crippen LogP contribution in [0.25, 0.3) is 6.08 Å². The third kappa shape index (κ3) is 5.08. The Labute approximate surface area is 188 Å². The van der Waals surface area contributed by atoms with Gasteiger partial charge >= 0.3 is 0 Å². The number of carbonyl (C=O) groups excluding carboxylic acids is 2. The number of benzene rings is 2. The van der Waals surface area contributed by atoms with Crippen LogP contribution in [0, 0.1) is 5.92 Å². The number of nitrogens with one attached hydrogen (secondary N) is 1. The van der Waals surface area contributed by atoms with Gasteiger partial charge in [-0.25, -0.2) is 8.42 Å². The van der Waals surface area contributed by atoms with Crippen LogP contribution in [-0.2, 0) is 19.6 Å². The Balaban J connectivity index is 1.36. The van der Waals surface area contributed by atoms with E-state index in [0.717, 1.165) is 17.7 Å². The summed E-state index contributed by atoms with van der Waals surface area (Å²) in [5, 5.41) is 4.19. The van der Waals surface area contributed by atoms with Crippen LogP contribution in [-0.4, -0.2) is 44.2 Å². The summed E-state index contributed by atoms with van der Waals surface area (Å²) in [7, 11) is -3.54. The molecule has 0 saturated carbocycles. The standard InChI is InChI=1S/C24H27N3O4S/c28-23-11-6-15-27(23)22-10-5-4-9-21(22)25-24(29)20-12-16-26(17-13-20)32(30,31)18-14-19-7-2-1-3-8-19/h1-5,7-10,14,18,20H,6,11-13,15-17H2,(H,25,29)/b18-14+. The van der Waals surface area contributed by atoms with Gasteiger partial charge in [-0.2, -0.15) is 4.31 Å².